The van der Waals surface area contributed by atoms with Crippen molar-refractivity contribution in [3.63, 3.8) is 0 Å². The normalized spacial score (nSPS) is 19.3. The summed E-state index contributed by atoms with van der Waals surface area (Å²) in [5, 5.41) is 11.9. The Hall–Kier alpha value is -1.07. The Morgan fingerprint density at radius 2 is 2.27 bits per heavy atom. The first-order chi connectivity index (χ1) is 7.22. The zero-order valence-electron chi connectivity index (χ0n) is 8.70. The monoisotopic (exact) mass is 215 g/mol. The van der Waals surface area contributed by atoms with Crippen molar-refractivity contribution in [3.05, 3.63) is 12.7 Å². The maximum atomic E-state index is 11.3. The molecule has 0 saturated carbocycles. The molecule has 1 fully saturated rings. The van der Waals surface area contributed by atoms with Gasteiger partial charge in [-0.15, -0.1) is 0 Å². The van der Waals surface area contributed by atoms with Crippen LogP contribution in [0.3, 0.4) is 0 Å². The molecular formula is C10H17NO4. The predicted octanol–water partition coefficient (Wildman–Crippen LogP) is 0.440. The fourth-order valence-corrected chi connectivity index (χ4v) is 1.47. The summed E-state index contributed by atoms with van der Waals surface area (Å²) in [6.45, 7) is 4.60. The Kier molecular flexibility index (Phi) is 4.58. The number of aliphatic hydroxyl groups excluding tert-OH is 1. The Morgan fingerprint density at radius 1 is 1.60 bits per heavy atom. The van der Waals surface area contributed by atoms with Gasteiger partial charge < -0.3 is 19.9 Å². The summed E-state index contributed by atoms with van der Waals surface area (Å²) < 4.78 is 9.97. The summed E-state index contributed by atoms with van der Waals surface area (Å²) in [6.07, 6.45) is 2.18. The number of carbonyl (C=O) groups excluding carboxylic acids is 1. The van der Waals surface area contributed by atoms with E-state index in [4.69, 9.17) is 9.47 Å². The molecule has 0 aromatic rings. The number of hydrogen-bond donors (Lipinski definition) is 2. The van der Waals surface area contributed by atoms with Gasteiger partial charge in [-0.05, 0) is 12.8 Å². The van der Waals surface area contributed by atoms with Gasteiger partial charge in [-0.25, -0.2) is 4.79 Å². The quantitative estimate of drug-likeness (QED) is 0.668. The van der Waals surface area contributed by atoms with Gasteiger partial charge in [0.05, 0.1) is 12.1 Å². The molecule has 1 amide bonds. The second-order valence-electron chi connectivity index (χ2n) is 3.56. The lowest BCUT2D eigenvalue weighted by Gasteiger charge is -2.35. The molecule has 5 nitrogen and oxygen atoms in total. The third-order valence-electron chi connectivity index (χ3n) is 2.45. The highest BCUT2D eigenvalue weighted by Gasteiger charge is 2.33. The molecule has 15 heavy (non-hydrogen) atoms. The van der Waals surface area contributed by atoms with E-state index < -0.39 is 11.6 Å². The van der Waals surface area contributed by atoms with Gasteiger partial charge in [0.2, 0.25) is 0 Å². The Balaban J connectivity index is 2.43. The molecule has 2 N–H and O–H groups in total. The first-order valence-corrected chi connectivity index (χ1v) is 4.97. The van der Waals surface area contributed by atoms with Gasteiger partial charge in [0, 0.05) is 13.2 Å². The Morgan fingerprint density at radius 3 is 2.80 bits per heavy atom. The van der Waals surface area contributed by atoms with Gasteiger partial charge >= 0.3 is 6.09 Å². The molecule has 0 spiro atoms. The van der Waals surface area contributed by atoms with Crippen LogP contribution in [0.1, 0.15) is 12.8 Å². The fourth-order valence-electron chi connectivity index (χ4n) is 1.47. The van der Waals surface area contributed by atoms with Crippen LogP contribution in [0.2, 0.25) is 0 Å². The number of carbonyl (C=O) groups is 1. The molecule has 1 saturated heterocycles. The summed E-state index contributed by atoms with van der Waals surface area (Å²) in [7, 11) is 0. The van der Waals surface area contributed by atoms with Crippen LogP contribution >= 0.6 is 0 Å². The van der Waals surface area contributed by atoms with E-state index in [9.17, 15) is 9.90 Å². The lowest BCUT2D eigenvalue weighted by Crippen LogP contribution is -2.54. The van der Waals surface area contributed by atoms with Gasteiger partial charge in [0.25, 0.3) is 0 Å². The fraction of sp³-hybridized carbons (Fsp3) is 0.700. The van der Waals surface area contributed by atoms with Crippen LogP contribution in [0.25, 0.3) is 0 Å². The van der Waals surface area contributed by atoms with Crippen molar-refractivity contribution in [3.8, 4) is 0 Å². The van der Waals surface area contributed by atoms with Crippen molar-refractivity contribution in [1.82, 2.24) is 5.32 Å². The summed E-state index contributed by atoms with van der Waals surface area (Å²) in [6, 6.07) is 0. The molecule has 0 bridgehead atoms. The summed E-state index contributed by atoms with van der Waals surface area (Å²) in [5.41, 5.74) is -0.587. The first kappa shape index (κ1) is 12.0. The van der Waals surface area contributed by atoms with E-state index in [1.807, 2.05) is 0 Å². The van der Waals surface area contributed by atoms with Crippen LogP contribution < -0.4 is 5.32 Å². The molecule has 0 unspecified atom stereocenters. The van der Waals surface area contributed by atoms with Crippen molar-refractivity contribution in [2.45, 2.75) is 18.4 Å². The van der Waals surface area contributed by atoms with Crippen molar-refractivity contribution in [1.29, 1.82) is 0 Å². The minimum atomic E-state index is -0.587. The molecule has 86 valence electrons. The second-order valence-corrected chi connectivity index (χ2v) is 3.56. The van der Waals surface area contributed by atoms with Crippen molar-refractivity contribution in [2.24, 2.45) is 0 Å². The third-order valence-corrected chi connectivity index (χ3v) is 2.45. The largest absolute Gasteiger partial charge is 0.445 e. The minimum Gasteiger partial charge on any atom is -0.445 e. The number of ether oxygens (including phenoxy) is 2. The molecule has 0 aromatic heterocycles. The van der Waals surface area contributed by atoms with E-state index in [-0.39, 0.29) is 13.2 Å². The van der Waals surface area contributed by atoms with E-state index >= 15 is 0 Å². The van der Waals surface area contributed by atoms with Crippen LogP contribution in [0, 0.1) is 0 Å². The van der Waals surface area contributed by atoms with Gasteiger partial charge in [-0.1, -0.05) is 12.7 Å². The van der Waals surface area contributed by atoms with Crippen LogP contribution in [0.4, 0.5) is 4.79 Å². The van der Waals surface area contributed by atoms with Gasteiger partial charge in [-0.3, -0.25) is 0 Å². The van der Waals surface area contributed by atoms with Crippen LogP contribution in [-0.2, 0) is 9.47 Å². The standard InChI is InChI=1S/C10H17NO4/c1-2-5-15-9(13)11-10(8-12)3-6-14-7-4-10/h2,12H,1,3-8H2,(H,11,13). The number of rotatable bonds is 4. The van der Waals surface area contributed by atoms with E-state index in [1.54, 1.807) is 0 Å². The highest BCUT2D eigenvalue weighted by molar-refractivity contribution is 5.68. The van der Waals surface area contributed by atoms with Crippen LogP contribution in [0.5, 0.6) is 0 Å². The number of nitrogens with one attached hydrogen (secondary N) is 1. The maximum absolute atomic E-state index is 11.3. The van der Waals surface area contributed by atoms with E-state index in [0.29, 0.717) is 26.1 Å². The van der Waals surface area contributed by atoms with E-state index in [0.717, 1.165) is 0 Å². The summed E-state index contributed by atoms with van der Waals surface area (Å²) in [5.74, 6) is 0. The van der Waals surface area contributed by atoms with Crippen LogP contribution in [0.15, 0.2) is 12.7 Å². The summed E-state index contributed by atoms with van der Waals surface area (Å²) >= 11 is 0. The predicted molar refractivity (Wildman–Crippen MR) is 54.6 cm³/mol. The Labute approximate surface area is 89.1 Å². The number of aliphatic hydroxyl groups is 1. The number of amides is 1. The SMILES string of the molecule is C=CCOC(=O)NC1(CO)CCOCC1. The lowest BCUT2D eigenvalue weighted by atomic mass is 9.91. The van der Waals surface area contributed by atoms with Gasteiger partial charge in [0.15, 0.2) is 0 Å². The average Bonchev–Trinajstić information content (AvgIpc) is 2.27. The average molecular weight is 215 g/mol. The molecule has 0 radical (unpaired) electrons. The summed E-state index contributed by atoms with van der Waals surface area (Å²) in [4.78, 5) is 11.3. The van der Waals surface area contributed by atoms with E-state index in [1.165, 1.54) is 6.08 Å². The van der Waals surface area contributed by atoms with Crippen molar-refractivity contribution < 1.29 is 19.4 Å². The lowest BCUT2D eigenvalue weighted by molar-refractivity contribution is 0.0115. The van der Waals surface area contributed by atoms with Crippen LogP contribution in [-0.4, -0.2) is 43.2 Å². The molecule has 0 atom stereocenters. The van der Waals surface area contributed by atoms with Gasteiger partial charge in [-0.2, -0.15) is 0 Å². The minimum absolute atomic E-state index is 0.0977. The molecule has 1 heterocycles. The van der Waals surface area contributed by atoms with Crippen molar-refractivity contribution >= 4 is 6.09 Å². The topological polar surface area (TPSA) is 67.8 Å². The zero-order chi connectivity index (χ0) is 11.1. The molecule has 5 heteroatoms. The van der Waals surface area contributed by atoms with E-state index in [2.05, 4.69) is 11.9 Å². The number of alkyl carbamates (subject to hydrolysis) is 1. The number of hydrogen-bond acceptors (Lipinski definition) is 4. The molecule has 0 aliphatic carbocycles. The smallest absolute Gasteiger partial charge is 0.407 e. The second kappa shape index (κ2) is 5.72. The third kappa shape index (κ3) is 3.53. The Bertz CT molecular complexity index is 223. The highest BCUT2D eigenvalue weighted by atomic mass is 16.5. The molecule has 1 rings (SSSR count). The molecule has 1 aliphatic heterocycles. The molecule has 1 aliphatic rings. The van der Waals surface area contributed by atoms with Crippen molar-refractivity contribution in [2.75, 3.05) is 26.4 Å². The molecular weight excluding hydrogens is 198 g/mol. The maximum Gasteiger partial charge on any atom is 0.407 e. The highest BCUT2D eigenvalue weighted by Crippen LogP contribution is 2.19. The first-order valence-electron chi connectivity index (χ1n) is 4.97. The molecule has 0 aromatic carbocycles. The zero-order valence-corrected chi connectivity index (χ0v) is 8.70. The van der Waals surface area contributed by atoms with Gasteiger partial charge in [0.1, 0.15) is 6.61 Å².